The Kier molecular flexibility index (Phi) is 2.95. The maximum absolute atomic E-state index is 11.1. The van der Waals surface area contributed by atoms with Gasteiger partial charge in [0.25, 0.3) is 5.56 Å². The summed E-state index contributed by atoms with van der Waals surface area (Å²) in [5, 5.41) is 0. The van der Waals surface area contributed by atoms with Crippen LogP contribution in [-0.4, -0.2) is 9.97 Å². The predicted octanol–water partition coefficient (Wildman–Crippen LogP) is 3.21. The minimum Gasteiger partial charge on any atom is -0.326 e. The molecule has 1 heterocycles. The summed E-state index contributed by atoms with van der Waals surface area (Å²) in [4.78, 5) is 18.2. The average Bonchev–Trinajstić information content (AvgIpc) is 2.87. The van der Waals surface area contributed by atoms with E-state index in [4.69, 9.17) is 0 Å². The molecule has 0 atom stereocenters. The summed E-state index contributed by atoms with van der Waals surface area (Å²) in [5.74, 6) is 0.510. The van der Waals surface area contributed by atoms with Gasteiger partial charge in [0.1, 0.15) is 0 Å². The van der Waals surface area contributed by atoms with Gasteiger partial charge in [0.05, 0.1) is 11.9 Å². The summed E-state index contributed by atoms with van der Waals surface area (Å²) < 4.78 is 0. The van der Waals surface area contributed by atoms with Gasteiger partial charge in [-0.2, -0.15) is 0 Å². The van der Waals surface area contributed by atoms with E-state index in [0.29, 0.717) is 11.3 Å². The van der Waals surface area contributed by atoms with E-state index in [2.05, 4.69) is 34.2 Å². The predicted molar refractivity (Wildman–Crippen MR) is 82.3 cm³/mol. The van der Waals surface area contributed by atoms with Gasteiger partial charge >= 0.3 is 0 Å². The SMILES string of the molecule is O=c1cnc(C2CCC3(CC2)Cc2ccccc2C3)c[nH]1. The Morgan fingerprint density at radius 2 is 1.76 bits per heavy atom. The zero-order chi connectivity index (χ0) is 14.3. The van der Waals surface area contributed by atoms with Crippen LogP contribution in [0.2, 0.25) is 0 Å². The molecule has 0 bridgehead atoms. The molecule has 4 rings (SSSR count). The number of nitrogens with one attached hydrogen (secondary N) is 1. The van der Waals surface area contributed by atoms with Crippen LogP contribution in [0.3, 0.4) is 0 Å². The maximum atomic E-state index is 11.1. The molecule has 0 amide bonds. The third-order valence-electron chi connectivity index (χ3n) is 5.41. The van der Waals surface area contributed by atoms with Gasteiger partial charge in [0.2, 0.25) is 0 Å². The molecular weight excluding hydrogens is 260 g/mol. The first kappa shape index (κ1) is 12.8. The molecule has 108 valence electrons. The fraction of sp³-hybridized carbons (Fsp3) is 0.444. The van der Waals surface area contributed by atoms with E-state index in [0.717, 1.165) is 5.69 Å². The van der Waals surface area contributed by atoms with Gasteiger partial charge in [-0.05, 0) is 55.1 Å². The van der Waals surface area contributed by atoms with E-state index in [-0.39, 0.29) is 5.56 Å². The van der Waals surface area contributed by atoms with E-state index in [9.17, 15) is 4.79 Å². The second kappa shape index (κ2) is 4.83. The Bertz CT molecular complexity index is 664. The lowest BCUT2D eigenvalue weighted by molar-refractivity contribution is 0.185. The molecule has 1 saturated carbocycles. The molecule has 0 unspecified atom stereocenters. The van der Waals surface area contributed by atoms with Crippen LogP contribution in [-0.2, 0) is 12.8 Å². The van der Waals surface area contributed by atoms with Crippen LogP contribution in [0.1, 0.15) is 48.4 Å². The van der Waals surface area contributed by atoms with Crippen molar-refractivity contribution in [2.24, 2.45) is 5.41 Å². The summed E-state index contributed by atoms with van der Waals surface area (Å²) >= 11 is 0. The third-order valence-corrected chi connectivity index (χ3v) is 5.41. The molecule has 1 aromatic carbocycles. The molecule has 2 aromatic rings. The monoisotopic (exact) mass is 280 g/mol. The highest BCUT2D eigenvalue weighted by Gasteiger charge is 2.40. The van der Waals surface area contributed by atoms with E-state index >= 15 is 0 Å². The summed E-state index contributed by atoms with van der Waals surface area (Å²) in [7, 11) is 0. The van der Waals surface area contributed by atoms with Crippen molar-refractivity contribution in [2.45, 2.75) is 44.4 Å². The molecule has 1 aromatic heterocycles. The van der Waals surface area contributed by atoms with Gasteiger partial charge in [-0.3, -0.25) is 9.78 Å². The van der Waals surface area contributed by atoms with Crippen LogP contribution in [0.4, 0.5) is 0 Å². The van der Waals surface area contributed by atoms with Crippen molar-refractivity contribution in [3.05, 3.63) is 63.8 Å². The van der Waals surface area contributed by atoms with Gasteiger partial charge in [-0.25, -0.2) is 0 Å². The van der Waals surface area contributed by atoms with Gasteiger partial charge in [0, 0.05) is 12.1 Å². The number of H-pyrrole nitrogens is 1. The molecule has 3 nitrogen and oxygen atoms in total. The second-order valence-corrected chi connectivity index (χ2v) is 6.73. The van der Waals surface area contributed by atoms with E-state index in [1.54, 1.807) is 17.3 Å². The Balaban J connectivity index is 1.48. The molecule has 3 heteroatoms. The highest BCUT2D eigenvalue weighted by molar-refractivity contribution is 5.34. The smallest absolute Gasteiger partial charge is 0.266 e. The number of aromatic nitrogens is 2. The fourth-order valence-corrected chi connectivity index (χ4v) is 4.23. The molecule has 1 spiro atoms. The van der Waals surface area contributed by atoms with Crippen molar-refractivity contribution >= 4 is 0 Å². The topological polar surface area (TPSA) is 45.8 Å². The lowest BCUT2D eigenvalue weighted by Crippen LogP contribution is -2.28. The normalized spacial score (nSPS) is 20.6. The van der Waals surface area contributed by atoms with Crippen LogP contribution < -0.4 is 5.56 Å². The van der Waals surface area contributed by atoms with E-state index < -0.39 is 0 Å². The van der Waals surface area contributed by atoms with Crippen LogP contribution >= 0.6 is 0 Å². The zero-order valence-electron chi connectivity index (χ0n) is 12.1. The lowest BCUT2D eigenvalue weighted by atomic mass is 9.68. The van der Waals surface area contributed by atoms with Crippen LogP contribution in [0, 0.1) is 5.41 Å². The highest BCUT2D eigenvalue weighted by atomic mass is 16.1. The zero-order valence-corrected chi connectivity index (χ0v) is 12.1. The number of benzene rings is 1. The number of aromatic amines is 1. The first-order valence-electron chi connectivity index (χ1n) is 7.86. The van der Waals surface area contributed by atoms with Gasteiger partial charge in [0.15, 0.2) is 0 Å². The van der Waals surface area contributed by atoms with Crippen LogP contribution in [0.25, 0.3) is 0 Å². The first-order valence-corrected chi connectivity index (χ1v) is 7.86. The summed E-state index contributed by atoms with van der Waals surface area (Å²) in [6, 6.07) is 8.90. The standard InChI is InChI=1S/C18H20N2O/c21-17-12-19-16(11-20-17)13-5-7-18(8-6-13)9-14-3-1-2-4-15(14)10-18/h1-4,11-13H,5-10H2,(H,20,21). The highest BCUT2D eigenvalue weighted by Crippen LogP contribution is 2.50. The van der Waals surface area contributed by atoms with Crippen molar-refractivity contribution < 1.29 is 0 Å². The van der Waals surface area contributed by atoms with Crippen molar-refractivity contribution in [2.75, 3.05) is 0 Å². The number of nitrogens with zero attached hydrogens (tertiary/aromatic N) is 1. The van der Waals surface area contributed by atoms with Crippen molar-refractivity contribution in [3.8, 4) is 0 Å². The minimum atomic E-state index is -0.114. The van der Waals surface area contributed by atoms with Crippen LogP contribution in [0.15, 0.2) is 41.5 Å². The number of hydrogen-bond acceptors (Lipinski definition) is 2. The summed E-state index contributed by atoms with van der Waals surface area (Å²) in [5.41, 5.74) is 4.54. The van der Waals surface area contributed by atoms with Crippen molar-refractivity contribution in [3.63, 3.8) is 0 Å². The van der Waals surface area contributed by atoms with Gasteiger partial charge in [-0.1, -0.05) is 24.3 Å². The molecule has 0 radical (unpaired) electrons. The van der Waals surface area contributed by atoms with Crippen LogP contribution in [0.5, 0.6) is 0 Å². The fourth-order valence-electron chi connectivity index (χ4n) is 4.23. The molecule has 1 N–H and O–H groups in total. The lowest BCUT2D eigenvalue weighted by Gasteiger charge is -2.37. The summed E-state index contributed by atoms with van der Waals surface area (Å²) in [6.45, 7) is 0. The Morgan fingerprint density at radius 1 is 1.10 bits per heavy atom. The molecule has 1 fully saturated rings. The number of rotatable bonds is 1. The number of hydrogen-bond donors (Lipinski definition) is 1. The van der Waals surface area contributed by atoms with Gasteiger partial charge < -0.3 is 4.98 Å². The largest absolute Gasteiger partial charge is 0.326 e. The van der Waals surface area contributed by atoms with E-state index in [1.807, 2.05) is 0 Å². The van der Waals surface area contributed by atoms with Gasteiger partial charge in [-0.15, -0.1) is 0 Å². The Hall–Kier alpha value is -1.90. The molecule has 0 aliphatic heterocycles. The molecule has 21 heavy (non-hydrogen) atoms. The third kappa shape index (κ3) is 2.31. The molecule has 2 aliphatic rings. The summed E-state index contributed by atoms with van der Waals surface area (Å²) in [6.07, 6.45) is 10.6. The van der Waals surface area contributed by atoms with Crippen molar-refractivity contribution in [1.82, 2.24) is 9.97 Å². The van der Waals surface area contributed by atoms with E-state index in [1.165, 1.54) is 44.7 Å². The number of fused-ring (bicyclic) bond motifs is 1. The van der Waals surface area contributed by atoms with Crippen molar-refractivity contribution in [1.29, 1.82) is 0 Å². The Labute approximate surface area is 124 Å². The molecule has 0 saturated heterocycles. The average molecular weight is 280 g/mol. The first-order chi connectivity index (χ1) is 10.2. The minimum absolute atomic E-state index is 0.114. The maximum Gasteiger partial charge on any atom is 0.266 e. The molecular formula is C18H20N2O. The Morgan fingerprint density at radius 3 is 2.33 bits per heavy atom. The molecule has 2 aliphatic carbocycles. The quantitative estimate of drug-likeness (QED) is 0.872. The second-order valence-electron chi connectivity index (χ2n) is 6.73.